The molecular weight excluding hydrogens is 344 g/mol. The Morgan fingerprint density at radius 1 is 1.29 bits per heavy atom. The smallest absolute Gasteiger partial charge is 0.307 e. The van der Waals surface area contributed by atoms with Gasteiger partial charge in [0.1, 0.15) is 0 Å². The highest BCUT2D eigenvalue weighted by molar-refractivity contribution is 8.00. The number of thioether (sulfide) groups is 1. The maximum absolute atomic E-state index is 12.7. The van der Waals surface area contributed by atoms with Gasteiger partial charge in [0.05, 0.1) is 22.1 Å². The van der Waals surface area contributed by atoms with E-state index in [0.29, 0.717) is 5.69 Å². The predicted molar refractivity (Wildman–Crippen MR) is 95.4 cm³/mol. The van der Waals surface area contributed by atoms with Gasteiger partial charge in [0.15, 0.2) is 4.34 Å². The highest BCUT2D eigenvalue weighted by Gasteiger charge is 2.51. The van der Waals surface area contributed by atoms with Crippen LogP contribution in [0.25, 0.3) is 10.2 Å². The average Bonchev–Trinajstić information content (AvgIpc) is 3.26. The van der Waals surface area contributed by atoms with Crippen LogP contribution >= 0.6 is 23.1 Å². The van der Waals surface area contributed by atoms with E-state index in [1.807, 2.05) is 36.6 Å². The van der Waals surface area contributed by atoms with E-state index < -0.39 is 17.8 Å². The maximum atomic E-state index is 12.7. The van der Waals surface area contributed by atoms with Gasteiger partial charge in [0.25, 0.3) is 0 Å². The van der Waals surface area contributed by atoms with Gasteiger partial charge in [0.2, 0.25) is 5.91 Å². The summed E-state index contributed by atoms with van der Waals surface area (Å²) < 4.78 is 2.00. The molecule has 2 aromatic rings. The number of fused-ring (bicyclic) bond motifs is 3. The first-order chi connectivity index (χ1) is 11.6. The van der Waals surface area contributed by atoms with Crippen LogP contribution < -0.4 is 5.32 Å². The van der Waals surface area contributed by atoms with Crippen LogP contribution in [0.1, 0.15) is 6.42 Å². The minimum atomic E-state index is -0.880. The molecule has 5 nitrogen and oxygen atoms in total. The molecule has 0 spiro atoms. The van der Waals surface area contributed by atoms with Crippen LogP contribution in [0.5, 0.6) is 0 Å². The zero-order valence-corrected chi connectivity index (χ0v) is 14.6. The first kappa shape index (κ1) is 15.7. The van der Waals surface area contributed by atoms with E-state index in [2.05, 4.69) is 10.3 Å². The zero-order valence-electron chi connectivity index (χ0n) is 12.9. The summed E-state index contributed by atoms with van der Waals surface area (Å²) in [4.78, 5) is 28.7. The van der Waals surface area contributed by atoms with Crippen LogP contribution in [0.3, 0.4) is 0 Å². The monoisotopic (exact) mass is 360 g/mol. The number of aromatic nitrogens is 1. The summed E-state index contributed by atoms with van der Waals surface area (Å²) in [6.07, 6.45) is 6.68. The number of thiazole rings is 1. The van der Waals surface area contributed by atoms with Gasteiger partial charge in [-0.3, -0.25) is 9.59 Å². The molecule has 2 aliphatic carbocycles. The van der Waals surface area contributed by atoms with Crippen LogP contribution in [0.2, 0.25) is 0 Å². The Kier molecular flexibility index (Phi) is 3.85. The van der Waals surface area contributed by atoms with Crippen molar-refractivity contribution in [3.8, 4) is 0 Å². The van der Waals surface area contributed by atoms with Crippen LogP contribution in [0, 0.1) is 23.7 Å². The molecule has 2 aliphatic rings. The van der Waals surface area contributed by atoms with Gasteiger partial charge in [-0.1, -0.05) is 23.9 Å². The predicted octanol–water partition coefficient (Wildman–Crippen LogP) is 3.48. The summed E-state index contributed by atoms with van der Waals surface area (Å²) in [5, 5.41) is 12.4. The number of carboxylic acid groups (broad SMARTS) is 1. The molecule has 0 unspecified atom stereocenters. The van der Waals surface area contributed by atoms with Gasteiger partial charge in [0, 0.05) is 5.69 Å². The van der Waals surface area contributed by atoms with E-state index in [-0.39, 0.29) is 17.7 Å². The van der Waals surface area contributed by atoms with Crippen LogP contribution in [-0.2, 0) is 9.59 Å². The number of aliphatic carboxylic acids is 1. The normalized spacial score (nSPS) is 27.7. The van der Waals surface area contributed by atoms with Crippen molar-refractivity contribution in [2.75, 3.05) is 11.6 Å². The Balaban J connectivity index is 1.57. The number of nitrogens with zero attached hydrogens (tertiary/aromatic N) is 1. The van der Waals surface area contributed by atoms with Gasteiger partial charge >= 0.3 is 5.97 Å². The van der Waals surface area contributed by atoms with Crippen LogP contribution in [0.15, 0.2) is 34.7 Å². The minimum absolute atomic E-state index is 0.0173. The molecule has 4 atom stereocenters. The van der Waals surface area contributed by atoms with Crippen molar-refractivity contribution in [1.29, 1.82) is 0 Å². The Hall–Kier alpha value is -1.86. The van der Waals surface area contributed by atoms with Crippen molar-refractivity contribution in [3.63, 3.8) is 0 Å². The number of carboxylic acids is 1. The van der Waals surface area contributed by atoms with E-state index in [4.69, 9.17) is 0 Å². The van der Waals surface area contributed by atoms with E-state index in [1.165, 1.54) is 0 Å². The summed E-state index contributed by atoms with van der Waals surface area (Å²) >= 11 is 3.18. The molecule has 1 heterocycles. The van der Waals surface area contributed by atoms with Crippen molar-refractivity contribution in [1.82, 2.24) is 4.98 Å². The van der Waals surface area contributed by atoms with Crippen LogP contribution in [0.4, 0.5) is 5.69 Å². The standard InChI is InChI=1S/C17H16N2O3S2/c1-23-17-19-11-5-4-10(7-12(11)24-17)18-15(20)13-8-2-3-9(6-8)14(13)16(21)22/h2-5,7-9,13-14H,6H2,1H3,(H,18,20)(H,21,22)/t8-,9-,13+,14+/m0/s1. The molecule has 1 saturated carbocycles. The summed E-state index contributed by atoms with van der Waals surface area (Å²) in [7, 11) is 0. The number of anilines is 1. The summed E-state index contributed by atoms with van der Waals surface area (Å²) in [6, 6.07) is 5.61. The number of benzene rings is 1. The quantitative estimate of drug-likeness (QED) is 0.645. The number of carbonyl (C=O) groups is 2. The molecule has 7 heteroatoms. The maximum Gasteiger partial charge on any atom is 0.307 e. The molecule has 0 radical (unpaired) electrons. The highest BCUT2D eigenvalue weighted by Crippen LogP contribution is 2.48. The Morgan fingerprint density at radius 3 is 2.75 bits per heavy atom. The number of nitrogens with one attached hydrogen (secondary N) is 1. The third kappa shape index (κ3) is 2.52. The van der Waals surface area contributed by atoms with Crippen molar-refractivity contribution in [2.45, 2.75) is 10.8 Å². The van der Waals surface area contributed by atoms with E-state index in [9.17, 15) is 14.7 Å². The Labute approximate surface area is 147 Å². The first-order valence-corrected chi connectivity index (χ1v) is 9.77. The second-order valence-corrected chi connectivity index (χ2v) is 8.28. The SMILES string of the molecule is CSc1nc2ccc(NC(=O)[C@H]3[C@H](C(=O)O)[C@H]4C=C[C@H]3C4)cc2s1. The second-order valence-electron chi connectivity index (χ2n) is 6.19. The summed E-state index contributed by atoms with van der Waals surface area (Å²) in [5.41, 5.74) is 1.60. The van der Waals surface area contributed by atoms with Gasteiger partial charge in [-0.25, -0.2) is 4.98 Å². The molecule has 0 aliphatic heterocycles. The third-order valence-corrected chi connectivity index (χ3v) is 6.86. The zero-order chi connectivity index (χ0) is 16.8. The third-order valence-electron chi connectivity index (χ3n) is 4.86. The summed E-state index contributed by atoms with van der Waals surface area (Å²) in [5.74, 6) is -2.17. The van der Waals surface area contributed by atoms with Gasteiger partial charge in [-0.2, -0.15) is 0 Å². The lowest BCUT2D eigenvalue weighted by molar-refractivity contribution is -0.146. The molecule has 24 heavy (non-hydrogen) atoms. The molecule has 1 aromatic carbocycles. The molecule has 1 aromatic heterocycles. The Morgan fingerprint density at radius 2 is 2.04 bits per heavy atom. The number of hydrogen-bond donors (Lipinski definition) is 2. The van der Waals surface area contributed by atoms with Crippen molar-refractivity contribution < 1.29 is 14.7 Å². The fourth-order valence-corrected chi connectivity index (χ4v) is 5.34. The molecule has 1 amide bonds. The number of amides is 1. The number of carbonyl (C=O) groups excluding carboxylic acids is 1. The van der Waals surface area contributed by atoms with Crippen molar-refractivity contribution in [3.05, 3.63) is 30.4 Å². The Bertz CT molecular complexity index is 861. The lowest BCUT2D eigenvalue weighted by atomic mass is 9.82. The molecular formula is C17H16N2O3S2. The number of hydrogen-bond acceptors (Lipinski definition) is 5. The number of allylic oxidation sites excluding steroid dienone is 2. The molecule has 1 fully saturated rings. The molecule has 0 saturated heterocycles. The number of rotatable bonds is 4. The first-order valence-electron chi connectivity index (χ1n) is 7.73. The van der Waals surface area contributed by atoms with Gasteiger partial charge in [-0.15, -0.1) is 11.3 Å². The topological polar surface area (TPSA) is 79.3 Å². The second kappa shape index (κ2) is 5.89. The average molecular weight is 360 g/mol. The van der Waals surface area contributed by atoms with E-state index >= 15 is 0 Å². The van der Waals surface area contributed by atoms with E-state index in [1.54, 1.807) is 23.1 Å². The van der Waals surface area contributed by atoms with Crippen molar-refractivity contribution >= 4 is 50.9 Å². The lowest BCUT2D eigenvalue weighted by Gasteiger charge is -2.23. The molecule has 4 rings (SSSR count). The fraction of sp³-hybridized carbons (Fsp3) is 0.353. The molecule has 124 valence electrons. The van der Waals surface area contributed by atoms with Gasteiger partial charge < -0.3 is 10.4 Å². The largest absolute Gasteiger partial charge is 0.481 e. The highest BCUT2D eigenvalue weighted by atomic mass is 32.2. The van der Waals surface area contributed by atoms with E-state index in [0.717, 1.165) is 21.0 Å². The summed E-state index contributed by atoms with van der Waals surface area (Å²) in [6.45, 7) is 0. The van der Waals surface area contributed by atoms with Gasteiger partial charge in [-0.05, 0) is 42.7 Å². The fourth-order valence-electron chi connectivity index (χ4n) is 3.81. The van der Waals surface area contributed by atoms with Crippen LogP contribution in [-0.4, -0.2) is 28.2 Å². The molecule has 2 N–H and O–H groups in total. The lowest BCUT2D eigenvalue weighted by Crippen LogP contribution is -2.36. The molecule has 2 bridgehead atoms. The minimum Gasteiger partial charge on any atom is -0.481 e. The van der Waals surface area contributed by atoms with Crippen molar-refractivity contribution in [2.24, 2.45) is 23.7 Å².